The van der Waals surface area contributed by atoms with E-state index in [1.54, 1.807) is 7.05 Å². The molecule has 0 bridgehead atoms. The molecule has 12 heavy (non-hydrogen) atoms. The maximum absolute atomic E-state index is 10.1. The van der Waals surface area contributed by atoms with E-state index in [2.05, 4.69) is 17.4 Å². The Labute approximate surface area is 74.9 Å². The normalized spacial score (nSPS) is 12.8. The van der Waals surface area contributed by atoms with E-state index in [9.17, 15) is 4.91 Å². The summed E-state index contributed by atoms with van der Waals surface area (Å²) in [5.74, 6) is 0. The van der Waals surface area contributed by atoms with Crippen LogP contribution in [0.1, 0.15) is 45.4 Å². The van der Waals surface area contributed by atoms with Crippen LogP contribution in [-0.2, 0) is 0 Å². The van der Waals surface area contributed by atoms with E-state index in [1.165, 1.54) is 25.7 Å². The molecule has 3 heteroatoms. The zero-order valence-corrected chi connectivity index (χ0v) is 8.18. The largest absolute Gasteiger partial charge is 0.296 e. The van der Waals surface area contributed by atoms with Gasteiger partial charge in [0.15, 0.2) is 0 Å². The van der Waals surface area contributed by atoms with Crippen molar-refractivity contribution < 1.29 is 0 Å². The fourth-order valence-electron chi connectivity index (χ4n) is 1.19. The molecule has 0 aromatic heterocycles. The molecule has 72 valence electrons. The summed E-state index contributed by atoms with van der Waals surface area (Å²) in [7, 11) is 1.78. The Kier molecular flexibility index (Phi) is 8.34. The molecule has 3 nitrogen and oxygen atoms in total. The highest BCUT2D eigenvalue weighted by molar-refractivity contribution is 4.59. The van der Waals surface area contributed by atoms with Crippen LogP contribution in [0.25, 0.3) is 0 Å². The van der Waals surface area contributed by atoms with Crippen molar-refractivity contribution in [2.45, 2.75) is 51.6 Å². The molecule has 0 aliphatic heterocycles. The van der Waals surface area contributed by atoms with Gasteiger partial charge in [-0.2, -0.15) is 0 Å². The quantitative estimate of drug-likeness (QED) is 0.451. The number of hydrogen-bond donors (Lipinski definition) is 1. The van der Waals surface area contributed by atoms with Crippen LogP contribution >= 0.6 is 0 Å². The van der Waals surface area contributed by atoms with Gasteiger partial charge in [-0.15, -0.1) is 4.91 Å². The first kappa shape index (κ1) is 11.6. The van der Waals surface area contributed by atoms with E-state index in [-0.39, 0.29) is 6.17 Å². The summed E-state index contributed by atoms with van der Waals surface area (Å²) >= 11 is 0. The van der Waals surface area contributed by atoms with Gasteiger partial charge in [-0.05, 0) is 19.9 Å². The average Bonchev–Trinajstić information content (AvgIpc) is 2.11. The minimum atomic E-state index is -0.174. The predicted molar refractivity (Wildman–Crippen MR) is 52.0 cm³/mol. The van der Waals surface area contributed by atoms with Crippen molar-refractivity contribution in [3.63, 3.8) is 0 Å². The maximum atomic E-state index is 10.1. The van der Waals surface area contributed by atoms with Crippen molar-refractivity contribution in [1.82, 2.24) is 5.32 Å². The molecule has 0 aromatic carbocycles. The molecule has 0 radical (unpaired) electrons. The number of unbranched alkanes of at least 4 members (excludes halogenated alkanes) is 4. The van der Waals surface area contributed by atoms with Crippen molar-refractivity contribution in [1.29, 1.82) is 0 Å². The third-order valence-corrected chi connectivity index (χ3v) is 2.04. The molecular formula is C9H20N2O. The second-order valence-corrected chi connectivity index (χ2v) is 3.11. The molecule has 1 unspecified atom stereocenters. The summed E-state index contributed by atoms with van der Waals surface area (Å²) in [6, 6.07) is 0. The van der Waals surface area contributed by atoms with E-state index < -0.39 is 0 Å². The standard InChI is InChI=1S/C9H20N2O/c1-3-4-5-6-7-8-9(10-2)11-12/h9-10H,3-8H2,1-2H3. The molecule has 0 heterocycles. The lowest BCUT2D eigenvalue weighted by atomic mass is 10.1. The fourth-order valence-corrected chi connectivity index (χ4v) is 1.19. The number of nitrogens with one attached hydrogen (secondary N) is 1. The molecule has 0 aliphatic carbocycles. The van der Waals surface area contributed by atoms with Gasteiger partial charge in [0.25, 0.3) is 0 Å². The second-order valence-electron chi connectivity index (χ2n) is 3.11. The monoisotopic (exact) mass is 172 g/mol. The molecule has 0 aromatic rings. The molecule has 0 amide bonds. The SMILES string of the molecule is CCCCCCCC(N=O)NC. The van der Waals surface area contributed by atoms with Crippen LogP contribution in [-0.4, -0.2) is 13.2 Å². The Morgan fingerprint density at radius 1 is 1.25 bits per heavy atom. The highest BCUT2D eigenvalue weighted by Crippen LogP contribution is 2.07. The zero-order chi connectivity index (χ0) is 9.23. The van der Waals surface area contributed by atoms with E-state index >= 15 is 0 Å². The lowest BCUT2D eigenvalue weighted by Gasteiger charge is -2.06. The summed E-state index contributed by atoms with van der Waals surface area (Å²) in [4.78, 5) is 10.1. The molecule has 0 aliphatic rings. The summed E-state index contributed by atoms with van der Waals surface area (Å²) in [6.45, 7) is 2.20. The topological polar surface area (TPSA) is 41.5 Å². The third-order valence-electron chi connectivity index (χ3n) is 2.04. The van der Waals surface area contributed by atoms with E-state index in [0.717, 1.165) is 12.8 Å². The van der Waals surface area contributed by atoms with E-state index in [4.69, 9.17) is 0 Å². The summed E-state index contributed by atoms with van der Waals surface area (Å²) in [6.07, 6.45) is 6.89. The summed E-state index contributed by atoms with van der Waals surface area (Å²) < 4.78 is 0. The van der Waals surface area contributed by atoms with Gasteiger partial charge >= 0.3 is 0 Å². The molecule has 0 rings (SSSR count). The van der Waals surface area contributed by atoms with Crippen LogP contribution in [0.5, 0.6) is 0 Å². The van der Waals surface area contributed by atoms with Crippen LogP contribution in [0.2, 0.25) is 0 Å². The lowest BCUT2D eigenvalue weighted by Crippen LogP contribution is -2.21. The minimum Gasteiger partial charge on any atom is -0.296 e. The summed E-state index contributed by atoms with van der Waals surface area (Å²) in [5.41, 5.74) is 0. The van der Waals surface area contributed by atoms with Crippen LogP contribution < -0.4 is 5.32 Å². The summed E-state index contributed by atoms with van der Waals surface area (Å²) in [5, 5.41) is 5.83. The van der Waals surface area contributed by atoms with Crippen LogP contribution in [0.15, 0.2) is 5.18 Å². The molecule has 0 saturated carbocycles. The van der Waals surface area contributed by atoms with Gasteiger partial charge in [0.1, 0.15) is 6.17 Å². The molecule has 1 N–H and O–H groups in total. The predicted octanol–water partition coefficient (Wildman–Crippen LogP) is 2.66. The molecule has 1 atom stereocenters. The van der Waals surface area contributed by atoms with E-state index in [1.807, 2.05) is 0 Å². The van der Waals surface area contributed by atoms with Crippen molar-refractivity contribution in [3.05, 3.63) is 4.91 Å². The van der Waals surface area contributed by atoms with Crippen molar-refractivity contribution in [3.8, 4) is 0 Å². The Morgan fingerprint density at radius 3 is 2.42 bits per heavy atom. The van der Waals surface area contributed by atoms with Crippen LogP contribution in [0.3, 0.4) is 0 Å². The highest BCUT2D eigenvalue weighted by Gasteiger charge is 2.02. The Hall–Kier alpha value is -0.440. The molecule has 0 saturated heterocycles. The van der Waals surface area contributed by atoms with Gasteiger partial charge in [0, 0.05) is 0 Å². The van der Waals surface area contributed by atoms with Crippen LogP contribution in [0.4, 0.5) is 0 Å². The van der Waals surface area contributed by atoms with Gasteiger partial charge in [-0.3, -0.25) is 5.32 Å². The van der Waals surface area contributed by atoms with Crippen molar-refractivity contribution in [2.24, 2.45) is 5.18 Å². The van der Waals surface area contributed by atoms with Gasteiger partial charge in [0.05, 0.1) is 0 Å². The number of rotatable bonds is 8. The van der Waals surface area contributed by atoms with Crippen LogP contribution in [0, 0.1) is 4.91 Å². The molecular weight excluding hydrogens is 152 g/mol. The second kappa shape index (κ2) is 8.65. The van der Waals surface area contributed by atoms with Crippen molar-refractivity contribution in [2.75, 3.05) is 7.05 Å². The third kappa shape index (κ3) is 6.28. The Morgan fingerprint density at radius 2 is 1.92 bits per heavy atom. The Bertz CT molecular complexity index is 107. The van der Waals surface area contributed by atoms with E-state index in [0.29, 0.717) is 0 Å². The van der Waals surface area contributed by atoms with Crippen molar-refractivity contribution >= 4 is 0 Å². The first-order chi connectivity index (χ1) is 5.85. The highest BCUT2D eigenvalue weighted by atomic mass is 16.3. The smallest absolute Gasteiger partial charge is 0.142 e. The minimum absolute atomic E-state index is 0.174. The van der Waals surface area contributed by atoms with Gasteiger partial charge in [0.2, 0.25) is 0 Å². The van der Waals surface area contributed by atoms with Gasteiger partial charge in [-0.25, -0.2) is 0 Å². The van der Waals surface area contributed by atoms with Gasteiger partial charge < -0.3 is 0 Å². The number of hydrogen-bond acceptors (Lipinski definition) is 3. The average molecular weight is 172 g/mol. The Balaban J connectivity index is 3.12. The molecule has 0 fully saturated rings. The number of nitrogens with zero attached hydrogens (tertiary/aromatic N) is 1. The van der Waals surface area contributed by atoms with Gasteiger partial charge in [-0.1, -0.05) is 37.8 Å². The first-order valence-corrected chi connectivity index (χ1v) is 4.84. The maximum Gasteiger partial charge on any atom is 0.142 e. The first-order valence-electron chi connectivity index (χ1n) is 4.84. The number of nitroso groups, excluding NO2 is 1. The lowest BCUT2D eigenvalue weighted by molar-refractivity contribution is 0.496. The fraction of sp³-hybridized carbons (Fsp3) is 1.00. The zero-order valence-electron chi connectivity index (χ0n) is 8.18. The molecule has 0 spiro atoms.